The van der Waals surface area contributed by atoms with Gasteiger partial charge in [-0.3, -0.25) is 9.80 Å². The zero-order valence-corrected chi connectivity index (χ0v) is 14.7. The molecule has 0 aromatic heterocycles. The second-order valence-electron chi connectivity index (χ2n) is 6.06. The summed E-state index contributed by atoms with van der Waals surface area (Å²) >= 11 is 0. The Labute approximate surface area is 160 Å². The summed E-state index contributed by atoms with van der Waals surface area (Å²) in [5.74, 6) is 0. The number of benzene rings is 2. The van der Waals surface area contributed by atoms with Crippen LogP contribution in [0, 0.1) is 0 Å². The zero-order chi connectivity index (χ0) is 20.1. The minimum Gasteiger partial charge on any atom is -0.450 e. The molecule has 1 aliphatic rings. The van der Waals surface area contributed by atoms with E-state index in [2.05, 4.69) is 0 Å². The Morgan fingerprint density at radius 3 is 1.43 bits per heavy atom. The summed E-state index contributed by atoms with van der Waals surface area (Å²) in [6, 6.07) is 17.2. The number of nitrogens with zero attached hydrogens (tertiary/aromatic N) is 2. The van der Waals surface area contributed by atoms with Crippen LogP contribution in [0.1, 0.15) is 11.1 Å². The fourth-order valence-electron chi connectivity index (χ4n) is 3.02. The lowest BCUT2D eigenvalue weighted by atomic mass is 10.2. The minimum absolute atomic E-state index is 0.0301. The van der Waals surface area contributed by atoms with Crippen molar-refractivity contribution in [3.63, 3.8) is 0 Å². The summed E-state index contributed by atoms with van der Waals surface area (Å²) in [5, 5.41) is 18.2. The van der Waals surface area contributed by atoms with Crippen molar-refractivity contribution in [1.29, 1.82) is 0 Å². The maximum atomic E-state index is 13.0. The van der Waals surface area contributed by atoms with Crippen molar-refractivity contribution in [3.05, 3.63) is 71.8 Å². The molecule has 0 spiro atoms. The van der Waals surface area contributed by atoms with Gasteiger partial charge in [-0.05, 0) is 11.1 Å². The highest BCUT2D eigenvalue weighted by Crippen LogP contribution is 2.29. The molecule has 0 unspecified atom stereocenters. The van der Waals surface area contributed by atoms with Gasteiger partial charge in [0.25, 0.3) is 0 Å². The number of hydrogen-bond acceptors (Lipinski definition) is 5. The van der Waals surface area contributed by atoms with Gasteiger partial charge < -0.3 is 19.7 Å². The van der Waals surface area contributed by atoms with Gasteiger partial charge >= 0.3 is 18.3 Å². The van der Waals surface area contributed by atoms with Crippen LogP contribution in [0.25, 0.3) is 0 Å². The van der Waals surface area contributed by atoms with Crippen LogP contribution in [-0.2, 0) is 22.6 Å². The third-order valence-electron chi connectivity index (χ3n) is 4.18. The van der Waals surface area contributed by atoms with E-state index in [-0.39, 0.29) is 13.1 Å². The Morgan fingerprint density at radius 2 is 1.11 bits per heavy atom. The molecule has 2 atom stereocenters. The van der Waals surface area contributed by atoms with E-state index >= 15 is 0 Å². The Balaban J connectivity index is 1.93. The van der Waals surface area contributed by atoms with Crippen molar-refractivity contribution >= 4 is 18.3 Å². The molecule has 9 heteroatoms. The first kappa shape index (κ1) is 19.0. The first-order valence-electron chi connectivity index (χ1n) is 8.40. The second kappa shape index (κ2) is 8.30. The molecular formula is C19H18N2O7. The molecule has 1 saturated heterocycles. The van der Waals surface area contributed by atoms with Gasteiger partial charge in [-0.25, -0.2) is 14.4 Å². The predicted octanol–water partition coefficient (Wildman–Crippen LogP) is 3.17. The fourth-order valence-corrected chi connectivity index (χ4v) is 3.02. The molecule has 28 heavy (non-hydrogen) atoms. The van der Waals surface area contributed by atoms with Crippen LogP contribution in [0.5, 0.6) is 0 Å². The monoisotopic (exact) mass is 386 g/mol. The third-order valence-corrected chi connectivity index (χ3v) is 4.18. The molecule has 146 valence electrons. The van der Waals surface area contributed by atoms with Crippen LogP contribution >= 0.6 is 0 Å². The SMILES string of the molecule is O=C(O)O[C@@H]1[C@H](OC(=O)O)N(Cc2ccccc2)C(=O)N1Cc1ccccc1. The van der Waals surface area contributed by atoms with Crippen LogP contribution in [0.3, 0.4) is 0 Å². The highest BCUT2D eigenvalue weighted by Gasteiger charge is 2.50. The first-order valence-corrected chi connectivity index (χ1v) is 8.40. The zero-order valence-electron chi connectivity index (χ0n) is 14.7. The number of rotatable bonds is 6. The Kier molecular flexibility index (Phi) is 5.64. The molecule has 0 bridgehead atoms. The van der Waals surface area contributed by atoms with Crippen LogP contribution in [-0.4, -0.2) is 50.8 Å². The Bertz CT molecular complexity index is 774. The molecule has 2 aromatic carbocycles. The third kappa shape index (κ3) is 4.32. The lowest BCUT2D eigenvalue weighted by Gasteiger charge is -2.25. The number of urea groups is 1. The molecular weight excluding hydrogens is 368 g/mol. The van der Waals surface area contributed by atoms with E-state index in [9.17, 15) is 14.4 Å². The van der Waals surface area contributed by atoms with E-state index in [4.69, 9.17) is 19.7 Å². The minimum atomic E-state index is -1.64. The average molecular weight is 386 g/mol. The lowest BCUT2D eigenvalue weighted by Crippen LogP contribution is -2.43. The summed E-state index contributed by atoms with van der Waals surface area (Å²) in [5.41, 5.74) is 1.45. The van der Waals surface area contributed by atoms with E-state index in [0.29, 0.717) is 0 Å². The van der Waals surface area contributed by atoms with Crippen LogP contribution in [0.4, 0.5) is 14.4 Å². The molecule has 1 aliphatic heterocycles. The predicted molar refractivity (Wildman–Crippen MR) is 95.2 cm³/mol. The molecule has 0 radical (unpaired) electrons. The Morgan fingerprint density at radius 1 is 0.750 bits per heavy atom. The van der Waals surface area contributed by atoms with Gasteiger partial charge in [-0.15, -0.1) is 0 Å². The van der Waals surface area contributed by atoms with Gasteiger partial charge in [0.15, 0.2) is 0 Å². The number of hydrogen-bond donors (Lipinski definition) is 2. The van der Waals surface area contributed by atoms with Gasteiger partial charge in [-0.2, -0.15) is 0 Å². The molecule has 9 nitrogen and oxygen atoms in total. The van der Waals surface area contributed by atoms with Crippen molar-refractivity contribution in [2.45, 2.75) is 25.5 Å². The number of amides is 2. The topological polar surface area (TPSA) is 117 Å². The van der Waals surface area contributed by atoms with E-state index in [1.165, 1.54) is 0 Å². The van der Waals surface area contributed by atoms with Crippen molar-refractivity contribution in [2.24, 2.45) is 0 Å². The molecule has 3 rings (SSSR count). The summed E-state index contributed by atoms with van der Waals surface area (Å²) in [6.07, 6.45) is -6.16. The quantitative estimate of drug-likeness (QED) is 0.732. The average Bonchev–Trinajstić information content (AvgIpc) is 2.88. The second-order valence-corrected chi connectivity index (χ2v) is 6.06. The molecule has 2 N–H and O–H groups in total. The van der Waals surface area contributed by atoms with Gasteiger partial charge in [0, 0.05) is 0 Å². The lowest BCUT2D eigenvalue weighted by molar-refractivity contribution is -0.102. The molecule has 1 fully saturated rings. The van der Waals surface area contributed by atoms with Crippen LogP contribution in [0.15, 0.2) is 60.7 Å². The molecule has 2 amide bonds. The van der Waals surface area contributed by atoms with Gasteiger partial charge in [0.05, 0.1) is 13.1 Å². The summed E-state index contributed by atoms with van der Waals surface area (Å²) in [6.45, 7) is 0.0603. The van der Waals surface area contributed by atoms with Crippen molar-refractivity contribution in [1.82, 2.24) is 9.80 Å². The maximum Gasteiger partial charge on any atom is 0.507 e. The molecule has 0 aliphatic carbocycles. The fraction of sp³-hybridized carbons (Fsp3) is 0.211. The van der Waals surface area contributed by atoms with E-state index in [1.54, 1.807) is 60.7 Å². The number of ether oxygens (including phenoxy) is 2. The van der Waals surface area contributed by atoms with Crippen molar-refractivity contribution < 1.29 is 34.1 Å². The highest BCUT2D eigenvalue weighted by atomic mass is 16.7. The van der Waals surface area contributed by atoms with Crippen LogP contribution < -0.4 is 0 Å². The normalized spacial score (nSPS) is 18.8. The van der Waals surface area contributed by atoms with Crippen molar-refractivity contribution in [2.75, 3.05) is 0 Å². The van der Waals surface area contributed by atoms with Gasteiger partial charge in [0.1, 0.15) is 0 Å². The molecule has 0 saturated carbocycles. The molecule has 1 heterocycles. The summed E-state index contributed by atoms with van der Waals surface area (Å²) < 4.78 is 9.68. The largest absolute Gasteiger partial charge is 0.507 e. The van der Waals surface area contributed by atoms with Gasteiger partial charge in [-0.1, -0.05) is 60.7 Å². The van der Waals surface area contributed by atoms with E-state index < -0.39 is 30.8 Å². The standard InChI is InChI=1S/C19H18N2O7/c22-17-20(11-13-7-3-1-4-8-13)15(27-18(23)24)16(28-19(25)26)21(17)12-14-9-5-2-6-10-14/h1-10,15-16H,11-12H2,(H,23,24)(H,25,26)/t15-,16+. The van der Waals surface area contributed by atoms with E-state index in [1.807, 2.05) is 0 Å². The maximum absolute atomic E-state index is 13.0. The molecule has 2 aromatic rings. The summed E-state index contributed by atoms with van der Waals surface area (Å²) in [4.78, 5) is 37.6. The first-order chi connectivity index (χ1) is 13.5. The number of carbonyl (C=O) groups is 3. The highest BCUT2D eigenvalue weighted by molar-refractivity contribution is 5.78. The van der Waals surface area contributed by atoms with Crippen LogP contribution in [0.2, 0.25) is 0 Å². The summed E-state index contributed by atoms with van der Waals surface area (Å²) in [7, 11) is 0. The smallest absolute Gasteiger partial charge is 0.450 e. The Hall–Kier alpha value is -3.75. The number of carbonyl (C=O) groups excluding carboxylic acids is 1. The van der Waals surface area contributed by atoms with Crippen molar-refractivity contribution in [3.8, 4) is 0 Å². The van der Waals surface area contributed by atoms with Gasteiger partial charge in [0.2, 0.25) is 12.5 Å². The number of carboxylic acid groups (broad SMARTS) is 2. The van der Waals surface area contributed by atoms with E-state index in [0.717, 1.165) is 20.9 Å².